The first-order valence-corrected chi connectivity index (χ1v) is 9.10. The average molecular weight is 337 g/mol. The number of rotatable bonds is 3. The minimum atomic E-state index is 0.223. The van der Waals surface area contributed by atoms with Crippen LogP contribution in [0.3, 0.4) is 0 Å². The highest BCUT2D eigenvalue weighted by atomic mass is 16.5. The predicted molar refractivity (Wildman–Crippen MR) is 95.4 cm³/mol. The smallest absolute Gasteiger partial charge is 0.147 e. The zero-order valence-corrected chi connectivity index (χ0v) is 14.6. The van der Waals surface area contributed by atoms with Gasteiger partial charge in [-0.05, 0) is 55.2 Å². The maximum absolute atomic E-state index is 9.42. The van der Waals surface area contributed by atoms with E-state index in [0.29, 0.717) is 12.2 Å². The average Bonchev–Trinajstić information content (AvgIpc) is 3.08. The molecule has 130 valence electrons. The van der Waals surface area contributed by atoms with Gasteiger partial charge in [0, 0.05) is 6.20 Å². The van der Waals surface area contributed by atoms with Crippen molar-refractivity contribution in [3.63, 3.8) is 0 Å². The largest absolute Gasteiger partial charge is 0.488 e. The monoisotopic (exact) mass is 337 g/mol. The molecule has 0 bridgehead atoms. The van der Waals surface area contributed by atoms with E-state index < -0.39 is 0 Å². The van der Waals surface area contributed by atoms with Gasteiger partial charge in [-0.3, -0.25) is 0 Å². The second-order valence-corrected chi connectivity index (χ2v) is 7.11. The fraction of sp³-hybridized carbons (Fsp3) is 0.500. The molecule has 0 spiro atoms. The molecule has 1 aliphatic heterocycles. The first-order valence-electron chi connectivity index (χ1n) is 9.10. The Hall–Kier alpha value is -2.32. The molecule has 0 radical (unpaired) electrons. The first-order chi connectivity index (χ1) is 12.2. The molecule has 1 aliphatic carbocycles. The van der Waals surface area contributed by atoms with Gasteiger partial charge in [0.05, 0.1) is 25.5 Å². The van der Waals surface area contributed by atoms with E-state index in [2.05, 4.69) is 30.2 Å². The van der Waals surface area contributed by atoms with E-state index in [4.69, 9.17) is 9.47 Å². The van der Waals surface area contributed by atoms with Crippen LogP contribution < -0.4 is 4.74 Å². The first kappa shape index (κ1) is 16.2. The van der Waals surface area contributed by atoms with Gasteiger partial charge in [0.25, 0.3) is 0 Å². The second kappa shape index (κ2) is 6.89. The summed E-state index contributed by atoms with van der Waals surface area (Å²) < 4.78 is 13.6. The lowest BCUT2D eigenvalue weighted by Gasteiger charge is -2.27. The van der Waals surface area contributed by atoms with Gasteiger partial charge in [-0.1, -0.05) is 13.0 Å². The Kier molecular flexibility index (Phi) is 4.46. The van der Waals surface area contributed by atoms with Crippen molar-refractivity contribution in [2.75, 3.05) is 13.2 Å². The van der Waals surface area contributed by atoms with Gasteiger partial charge in [-0.15, -0.1) is 0 Å². The number of ether oxygens (including phenoxy) is 2. The molecule has 2 aliphatic rings. The zero-order chi connectivity index (χ0) is 17.2. The van der Waals surface area contributed by atoms with Gasteiger partial charge >= 0.3 is 0 Å². The van der Waals surface area contributed by atoms with E-state index in [1.807, 2.05) is 6.20 Å². The van der Waals surface area contributed by atoms with Crippen molar-refractivity contribution < 1.29 is 9.47 Å². The summed E-state index contributed by atoms with van der Waals surface area (Å²) in [5.74, 6) is 1.56. The van der Waals surface area contributed by atoms with Crippen molar-refractivity contribution in [2.24, 2.45) is 5.92 Å². The maximum atomic E-state index is 9.42. The van der Waals surface area contributed by atoms with E-state index in [1.165, 1.54) is 18.4 Å². The van der Waals surface area contributed by atoms with Crippen LogP contribution in [0.1, 0.15) is 50.2 Å². The lowest BCUT2D eigenvalue weighted by Crippen LogP contribution is -2.23. The van der Waals surface area contributed by atoms with Crippen LogP contribution in [0, 0.1) is 17.2 Å². The van der Waals surface area contributed by atoms with Crippen LogP contribution in [-0.4, -0.2) is 28.9 Å². The topological polar surface area (TPSA) is 59.6 Å². The van der Waals surface area contributed by atoms with Crippen LogP contribution in [0.2, 0.25) is 0 Å². The normalized spacial score (nSPS) is 23.9. The number of hydrogen-bond donors (Lipinski definition) is 0. The van der Waals surface area contributed by atoms with Gasteiger partial charge in [0.2, 0.25) is 0 Å². The molecule has 4 rings (SSSR count). The van der Waals surface area contributed by atoms with Crippen LogP contribution in [0.25, 0.3) is 11.1 Å². The number of aromatic nitrogens is 2. The van der Waals surface area contributed by atoms with Crippen LogP contribution in [0.5, 0.6) is 5.75 Å². The second-order valence-electron chi connectivity index (χ2n) is 7.11. The molecule has 0 N–H and O–H groups in total. The lowest BCUT2D eigenvalue weighted by atomic mass is 9.89. The van der Waals surface area contributed by atoms with Crippen molar-refractivity contribution in [3.05, 3.63) is 35.7 Å². The molecular weight excluding hydrogens is 314 g/mol. The lowest BCUT2D eigenvalue weighted by molar-refractivity contribution is 0.136. The molecular formula is C20H23N3O2. The van der Waals surface area contributed by atoms with Gasteiger partial charge < -0.3 is 9.47 Å². The third-order valence-electron chi connectivity index (χ3n) is 5.29. The van der Waals surface area contributed by atoms with E-state index >= 15 is 0 Å². The number of hydrogen-bond acceptors (Lipinski definition) is 4. The van der Waals surface area contributed by atoms with E-state index in [9.17, 15) is 5.26 Å². The number of nitrogens with zero attached hydrogens (tertiary/aromatic N) is 3. The molecule has 0 atom stereocenters. The van der Waals surface area contributed by atoms with Gasteiger partial charge in [0.15, 0.2) is 0 Å². The van der Waals surface area contributed by atoms with E-state index in [-0.39, 0.29) is 6.10 Å². The Morgan fingerprint density at radius 2 is 2.16 bits per heavy atom. The van der Waals surface area contributed by atoms with Gasteiger partial charge in [0.1, 0.15) is 22.9 Å². The van der Waals surface area contributed by atoms with Gasteiger partial charge in [-0.25, -0.2) is 4.52 Å². The Balaban J connectivity index is 1.72. The molecule has 5 nitrogen and oxygen atoms in total. The van der Waals surface area contributed by atoms with Crippen LogP contribution >= 0.6 is 0 Å². The summed E-state index contributed by atoms with van der Waals surface area (Å²) in [7, 11) is 0. The third-order valence-corrected chi connectivity index (χ3v) is 5.29. The molecule has 0 unspecified atom stereocenters. The number of pyridine rings is 1. The summed E-state index contributed by atoms with van der Waals surface area (Å²) in [6.45, 7) is 3.69. The quantitative estimate of drug-likeness (QED) is 0.850. The van der Waals surface area contributed by atoms with Crippen LogP contribution in [-0.2, 0) is 4.74 Å². The third kappa shape index (κ3) is 3.27. The molecule has 2 aromatic rings. The highest BCUT2D eigenvalue weighted by Crippen LogP contribution is 2.33. The molecule has 2 aromatic heterocycles. The Morgan fingerprint density at radius 3 is 2.88 bits per heavy atom. The highest BCUT2D eigenvalue weighted by Gasteiger charge is 2.22. The van der Waals surface area contributed by atoms with Crippen LogP contribution in [0.15, 0.2) is 24.5 Å². The van der Waals surface area contributed by atoms with E-state index in [1.54, 1.807) is 10.7 Å². The Morgan fingerprint density at radius 1 is 1.32 bits per heavy atom. The summed E-state index contributed by atoms with van der Waals surface area (Å²) in [4.78, 5) is 0. The molecule has 1 fully saturated rings. The number of fused-ring (bicyclic) bond motifs is 1. The summed E-state index contributed by atoms with van der Waals surface area (Å²) in [6.07, 6.45) is 11.4. The fourth-order valence-electron chi connectivity index (χ4n) is 3.75. The summed E-state index contributed by atoms with van der Waals surface area (Å²) in [6, 6.07) is 4.31. The van der Waals surface area contributed by atoms with Crippen molar-refractivity contribution in [1.29, 1.82) is 5.26 Å². The molecule has 0 saturated heterocycles. The predicted octanol–water partition coefficient (Wildman–Crippen LogP) is 3.97. The minimum Gasteiger partial charge on any atom is -0.488 e. The van der Waals surface area contributed by atoms with Crippen molar-refractivity contribution in [3.8, 4) is 11.8 Å². The standard InChI is InChI=1S/C20H23N3O2/c1-14-2-4-18(5-3-14)25-19-10-16(15-6-8-24-9-7-15)13-23-20(19)17(11-21)12-22-23/h6,10,12-14,18H,2-5,7-9H2,1H3. The molecule has 0 aromatic carbocycles. The van der Waals surface area contributed by atoms with Crippen molar-refractivity contribution >= 4 is 11.1 Å². The summed E-state index contributed by atoms with van der Waals surface area (Å²) in [5, 5.41) is 13.8. The molecule has 1 saturated carbocycles. The maximum Gasteiger partial charge on any atom is 0.147 e. The summed E-state index contributed by atoms with van der Waals surface area (Å²) >= 11 is 0. The molecule has 3 heterocycles. The number of nitriles is 1. The fourth-order valence-corrected chi connectivity index (χ4v) is 3.75. The highest BCUT2D eigenvalue weighted by molar-refractivity contribution is 5.75. The van der Waals surface area contributed by atoms with Crippen molar-refractivity contribution in [1.82, 2.24) is 9.61 Å². The van der Waals surface area contributed by atoms with Crippen LogP contribution in [0.4, 0.5) is 0 Å². The van der Waals surface area contributed by atoms with E-state index in [0.717, 1.165) is 48.6 Å². The Labute approximate surface area is 147 Å². The molecule has 5 heteroatoms. The minimum absolute atomic E-state index is 0.223. The molecule has 0 amide bonds. The SMILES string of the molecule is CC1CCC(Oc2cc(C3=CCOCC3)cn3ncc(C#N)c23)CC1. The van der Waals surface area contributed by atoms with Gasteiger partial charge in [-0.2, -0.15) is 10.4 Å². The molecule has 25 heavy (non-hydrogen) atoms. The van der Waals surface area contributed by atoms with Crippen molar-refractivity contribution in [2.45, 2.75) is 45.1 Å². The zero-order valence-electron chi connectivity index (χ0n) is 14.6. The summed E-state index contributed by atoms with van der Waals surface area (Å²) in [5.41, 5.74) is 3.69. The Bertz CT molecular complexity index is 838.